The average Bonchev–Trinajstić information content (AvgIpc) is 3.40. The number of aromatic nitrogens is 5. The summed E-state index contributed by atoms with van der Waals surface area (Å²) in [6.07, 6.45) is 2.05. The summed E-state index contributed by atoms with van der Waals surface area (Å²) in [5.41, 5.74) is -0.299. The fourth-order valence-electron chi connectivity index (χ4n) is 4.49. The molecule has 1 amide bonds. The molecule has 6 rings (SSSR count). The Hall–Kier alpha value is -5.21. The lowest BCUT2D eigenvalue weighted by atomic mass is 10.1. The van der Waals surface area contributed by atoms with Crippen LogP contribution in [0.1, 0.15) is 16.8 Å². The third kappa shape index (κ3) is 5.40. The number of pyridine rings is 1. The van der Waals surface area contributed by atoms with Gasteiger partial charge >= 0.3 is 0 Å². The molecular weight excluding hydrogens is 552 g/mol. The van der Waals surface area contributed by atoms with Gasteiger partial charge in [0.2, 0.25) is 5.88 Å². The second-order valence-corrected chi connectivity index (χ2v) is 9.42. The van der Waals surface area contributed by atoms with Crippen LogP contribution < -0.4 is 25.7 Å². The van der Waals surface area contributed by atoms with Gasteiger partial charge < -0.3 is 25.2 Å². The van der Waals surface area contributed by atoms with Crippen LogP contribution in [0.3, 0.4) is 0 Å². The van der Waals surface area contributed by atoms with Crippen molar-refractivity contribution in [2.24, 2.45) is 0 Å². The molecule has 4 N–H and O–H groups in total. The number of aromatic amines is 1. The van der Waals surface area contributed by atoms with E-state index in [1.165, 1.54) is 60.9 Å². The van der Waals surface area contributed by atoms with Crippen molar-refractivity contribution in [2.45, 2.75) is 18.6 Å². The van der Waals surface area contributed by atoms with Crippen molar-refractivity contribution >= 4 is 22.6 Å². The molecule has 42 heavy (non-hydrogen) atoms. The van der Waals surface area contributed by atoms with E-state index in [4.69, 9.17) is 9.47 Å². The molecule has 1 fully saturated rings. The molecular formula is C28H23F2N7O5. The molecule has 1 aliphatic heterocycles. The topological polar surface area (TPSA) is 156 Å². The number of piperidine rings is 1. The predicted octanol–water partition coefficient (Wildman–Crippen LogP) is 2.93. The molecule has 214 valence electrons. The summed E-state index contributed by atoms with van der Waals surface area (Å²) in [5.74, 6) is -1.86. The molecule has 0 radical (unpaired) electrons. The number of ether oxygens (including phenoxy) is 2. The number of β-amino-alcohol motifs (C(OH)–C–C–N with tert-alkyl or cyclic N) is 1. The van der Waals surface area contributed by atoms with E-state index in [1.54, 1.807) is 0 Å². The van der Waals surface area contributed by atoms with Gasteiger partial charge in [0, 0.05) is 36.8 Å². The van der Waals surface area contributed by atoms with Crippen LogP contribution in [0.5, 0.6) is 17.4 Å². The maximum Gasteiger partial charge on any atom is 0.284 e. The molecule has 14 heteroatoms. The Morgan fingerprint density at radius 1 is 1.07 bits per heavy atom. The fourth-order valence-corrected chi connectivity index (χ4v) is 4.49. The zero-order chi connectivity index (χ0) is 29.2. The van der Waals surface area contributed by atoms with Gasteiger partial charge in [0.1, 0.15) is 34.7 Å². The first-order valence-corrected chi connectivity index (χ1v) is 12.9. The fraction of sp³-hybridized carbons (Fsp3) is 0.179. The molecule has 2 aromatic carbocycles. The van der Waals surface area contributed by atoms with E-state index in [0.717, 1.165) is 10.7 Å². The Labute approximate surface area is 235 Å². The Morgan fingerprint density at radius 3 is 2.69 bits per heavy atom. The lowest BCUT2D eigenvalue weighted by molar-refractivity contribution is 0.0145. The number of amides is 1. The van der Waals surface area contributed by atoms with Gasteiger partial charge in [0.05, 0.1) is 5.69 Å². The second kappa shape index (κ2) is 11.3. The summed E-state index contributed by atoms with van der Waals surface area (Å²) < 4.78 is 41.2. The van der Waals surface area contributed by atoms with Gasteiger partial charge in [-0.2, -0.15) is 9.78 Å². The van der Waals surface area contributed by atoms with Gasteiger partial charge in [0.25, 0.3) is 11.5 Å². The number of nitrogens with one attached hydrogen (secondary N) is 3. The molecule has 1 saturated heterocycles. The largest absolute Gasteiger partial charge is 0.470 e. The number of rotatable bonds is 7. The van der Waals surface area contributed by atoms with Gasteiger partial charge in [-0.25, -0.2) is 13.8 Å². The van der Waals surface area contributed by atoms with Gasteiger partial charge in [-0.3, -0.25) is 14.7 Å². The van der Waals surface area contributed by atoms with Crippen molar-refractivity contribution in [3.05, 3.63) is 94.5 Å². The summed E-state index contributed by atoms with van der Waals surface area (Å²) in [5, 5.41) is 27.0. The van der Waals surface area contributed by atoms with Gasteiger partial charge in [-0.05, 0) is 55.4 Å². The van der Waals surface area contributed by atoms with E-state index < -0.39 is 35.3 Å². The Balaban J connectivity index is 1.21. The smallest absolute Gasteiger partial charge is 0.284 e. The molecule has 4 heterocycles. The molecule has 3 aromatic heterocycles. The van der Waals surface area contributed by atoms with E-state index >= 15 is 4.39 Å². The number of benzene rings is 2. The predicted molar refractivity (Wildman–Crippen MR) is 146 cm³/mol. The minimum absolute atomic E-state index is 0.0708. The number of hydrogen-bond acceptors (Lipinski definition) is 9. The summed E-state index contributed by atoms with van der Waals surface area (Å²) in [7, 11) is 0. The average molecular weight is 576 g/mol. The Morgan fingerprint density at radius 2 is 1.90 bits per heavy atom. The van der Waals surface area contributed by atoms with Gasteiger partial charge in [0.15, 0.2) is 17.2 Å². The van der Waals surface area contributed by atoms with Crippen molar-refractivity contribution in [2.75, 3.05) is 18.4 Å². The van der Waals surface area contributed by atoms with Crippen LogP contribution in [0.25, 0.3) is 16.7 Å². The molecule has 0 aliphatic carbocycles. The highest BCUT2D eigenvalue weighted by Gasteiger charge is 2.27. The van der Waals surface area contributed by atoms with Crippen LogP contribution in [0.4, 0.5) is 14.5 Å². The molecule has 0 spiro atoms. The second-order valence-electron chi connectivity index (χ2n) is 9.42. The summed E-state index contributed by atoms with van der Waals surface area (Å²) in [4.78, 5) is 30.0. The first-order valence-electron chi connectivity index (χ1n) is 12.9. The highest BCUT2D eigenvalue weighted by molar-refractivity contribution is 6.04. The SMILES string of the molecule is O=C(Nc1ccc(Oc2ccnc3[nH]nc(OC4CCNCC4O)c23)c(F)c1)c1ccnn(-c2ccc(F)cc2)c1=O. The lowest BCUT2D eigenvalue weighted by Gasteiger charge is -2.28. The normalized spacial score (nSPS) is 16.7. The monoisotopic (exact) mass is 575 g/mol. The van der Waals surface area contributed by atoms with E-state index in [0.29, 0.717) is 30.5 Å². The van der Waals surface area contributed by atoms with Crippen LogP contribution in [0.15, 0.2) is 71.8 Å². The van der Waals surface area contributed by atoms with Crippen molar-refractivity contribution in [1.29, 1.82) is 0 Å². The third-order valence-corrected chi connectivity index (χ3v) is 6.61. The highest BCUT2D eigenvalue weighted by Crippen LogP contribution is 2.36. The third-order valence-electron chi connectivity index (χ3n) is 6.61. The zero-order valence-corrected chi connectivity index (χ0v) is 21.8. The van der Waals surface area contributed by atoms with E-state index in [2.05, 4.69) is 30.9 Å². The van der Waals surface area contributed by atoms with Crippen molar-refractivity contribution in [3.8, 4) is 23.1 Å². The van der Waals surface area contributed by atoms with Gasteiger partial charge in [-0.15, -0.1) is 5.10 Å². The maximum atomic E-state index is 15.1. The molecule has 0 saturated carbocycles. The number of carbonyl (C=O) groups excluding carboxylic acids is 1. The number of carbonyl (C=O) groups is 1. The molecule has 12 nitrogen and oxygen atoms in total. The minimum atomic E-state index is -0.795. The quantitative estimate of drug-likeness (QED) is 0.229. The number of anilines is 1. The number of fused-ring (bicyclic) bond motifs is 1. The summed E-state index contributed by atoms with van der Waals surface area (Å²) in [6.45, 7) is 1.06. The maximum absolute atomic E-state index is 15.1. The number of nitrogens with zero attached hydrogens (tertiary/aromatic N) is 4. The first-order chi connectivity index (χ1) is 20.4. The van der Waals surface area contributed by atoms with E-state index in [1.807, 2.05) is 0 Å². The number of aliphatic hydroxyl groups excluding tert-OH is 1. The van der Waals surface area contributed by atoms with Crippen molar-refractivity contribution in [3.63, 3.8) is 0 Å². The summed E-state index contributed by atoms with van der Waals surface area (Å²) >= 11 is 0. The lowest BCUT2D eigenvalue weighted by Crippen LogP contribution is -2.46. The minimum Gasteiger partial charge on any atom is -0.470 e. The highest BCUT2D eigenvalue weighted by atomic mass is 19.1. The van der Waals surface area contributed by atoms with Crippen LogP contribution in [0.2, 0.25) is 0 Å². The molecule has 2 atom stereocenters. The molecule has 1 aliphatic rings. The zero-order valence-electron chi connectivity index (χ0n) is 21.8. The number of halogens is 2. The number of H-pyrrole nitrogens is 1. The van der Waals surface area contributed by atoms with Crippen LogP contribution in [-0.4, -0.2) is 61.3 Å². The molecule has 5 aromatic rings. The van der Waals surface area contributed by atoms with E-state index in [-0.39, 0.29) is 34.3 Å². The molecule has 0 bridgehead atoms. The van der Waals surface area contributed by atoms with Crippen molar-refractivity contribution < 1.29 is 28.2 Å². The van der Waals surface area contributed by atoms with Crippen LogP contribution >= 0.6 is 0 Å². The first kappa shape index (κ1) is 27.0. The van der Waals surface area contributed by atoms with Gasteiger partial charge in [-0.1, -0.05) is 0 Å². The number of aliphatic hydroxyl groups is 1. The standard InChI is InChI=1S/C28H23F2N7O5/c29-15-1-4-17(5-2-15)37-28(40)18(7-12-33-37)26(39)34-16-3-6-21(19(30)13-16)41-23-9-11-32-25-24(23)27(36-35-25)42-22-8-10-31-14-20(22)38/h1-7,9,11-13,20,22,31,38H,8,10,14H2,(H,34,39)(H,32,35,36). The van der Waals surface area contributed by atoms with Crippen LogP contribution in [-0.2, 0) is 0 Å². The van der Waals surface area contributed by atoms with E-state index in [9.17, 15) is 19.1 Å². The van der Waals surface area contributed by atoms with Crippen molar-refractivity contribution in [1.82, 2.24) is 30.3 Å². The summed E-state index contributed by atoms with van der Waals surface area (Å²) in [6, 6.07) is 11.6. The van der Waals surface area contributed by atoms with Crippen LogP contribution in [0, 0.1) is 11.6 Å². The molecule has 2 unspecified atom stereocenters. The Kier molecular flexibility index (Phi) is 7.29. The number of hydrogen-bond donors (Lipinski definition) is 4. The Bertz CT molecular complexity index is 1830.